The zero-order valence-corrected chi connectivity index (χ0v) is 15.2. The molecule has 0 bridgehead atoms. The predicted octanol–water partition coefficient (Wildman–Crippen LogP) is 2.75. The fraction of sp³-hybridized carbons (Fsp3) is 0.278. The largest absolute Gasteiger partial charge is 0.480 e. The van der Waals surface area contributed by atoms with Gasteiger partial charge in [-0.1, -0.05) is 44.2 Å². The molecule has 2 rings (SSSR count). The van der Waals surface area contributed by atoms with E-state index in [1.165, 1.54) is 6.07 Å². The van der Waals surface area contributed by atoms with Gasteiger partial charge in [-0.25, -0.2) is 14.6 Å². The van der Waals surface area contributed by atoms with Crippen molar-refractivity contribution in [2.24, 2.45) is 5.92 Å². The quantitative estimate of drug-likeness (QED) is 0.375. The lowest BCUT2D eigenvalue weighted by molar-refractivity contribution is -0.384. The average Bonchev–Trinajstić information content (AvgIpc) is 2.64. The van der Waals surface area contributed by atoms with Crippen molar-refractivity contribution in [2.45, 2.75) is 25.9 Å². The van der Waals surface area contributed by atoms with Crippen LogP contribution in [0.25, 0.3) is 0 Å². The molecule has 0 aliphatic rings. The maximum atomic E-state index is 11.6. The Balaban J connectivity index is 2.39. The molecule has 0 saturated heterocycles. The van der Waals surface area contributed by atoms with Crippen LogP contribution in [-0.2, 0) is 9.59 Å². The molecule has 2 aromatic rings. The molecule has 0 spiro atoms. The van der Waals surface area contributed by atoms with Crippen LogP contribution >= 0.6 is 0 Å². The van der Waals surface area contributed by atoms with Gasteiger partial charge >= 0.3 is 17.6 Å². The van der Waals surface area contributed by atoms with Crippen molar-refractivity contribution in [3.05, 3.63) is 58.1 Å². The molecule has 2 atom stereocenters. The lowest BCUT2D eigenvalue weighted by Crippen LogP contribution is -2.35. The van der Waals surface area contributed by atoms with E-state index in [0.717, 1.165) is 6.07 Å². The normalized spacial score (nSPS) is 12.8. The van der Waals surface area contributed by atoms with E-state index in [1.807, 2.05) is 0 Å². The predicted molar refractivity (Wildman–Crippen MR) is 101 cm³/mol. The molecule has 1 heterocycles. The summed E-state index contributed by atoms with van der Waals surface area (Å²) in [5.41, 5.74) is 0.0549. The molecular weight excluding hydrogens is 368 g/mol. The molecule has 10 heteroatoms. The number of carboxylic acids is 2. The number of nitrogens with one attached hydrogen (secondary N) is 2. The maximum Gasteiger partial charge on any atom is 0.330 e. The van der Waals surface area contributed by atoms with Crippen LogP contribution in [0.5, 0.6) is 0 Å². The summed E-state index contributed by atoms with van der Waals surface area (Å²) < 4.78 is 0. The number of nitrogens with zero attached hydrogens (tertiary/aromatic N) is 2. The topological polar surface area (TPSA) is 155 Å². The summed E-state index contributed by atoms with van der Waals surface area (Å²) in [6.07, 6.45) is 0. The number of rotatable bonds is 9. The molecule has 1 aromatic heterocycles. The van der Waals surface area contributed by atoms with Crippen LogP contribution in [0.1, 0.15) is 25.5 Å². The molecule has 1 aromatic carbocycles. The van der Waals surface area contributed by atoms with Crippen LogP contribution < -0.4 is 10.6 Å². The van der Waals surface area contributed by atoms with E-state index in [4.69, 9.17) is 0 Å². The first-order valence-corrected chi connectivity index (χ1v) is 8.39. The fourth-order valence-corrected chi connectivity index (χ4v) is 2.53. The van der Waals surface area contributed by atoms with Crippen molar-refractivity contribution in [3.63, 3.8) is 0 Å². The van der Waals surface area contributed by atoms with Crippen LogP contribution in [0, 0.1) is 16.0 Å². The number of hydrogen-bond acceptors (Lipinski definition) is 7. The Bertz CT molecular complexity index is 872. The standard InChI is InChI=1S/C18H20N4O6/c1-10(2)14(17(23)24)21-16-12(22(27)28)8-9-13(20-16)19-15(18(25)26)11-6-4-3-5-7-11/h3-10,14-15H,1-2H3,(H,23,24)(H,25,26)(H2,19,20,21)/t14-,15-/m1/s1. The number of aliphatic carboxylic acids is 2. The van der Waals surface area contributed by atoms with E-state index in [0.29, 0.717) is 5.56 Å². The van der Waals surface area contributed by atoms with Crippen LogP contribution in [0.15, 0.2) is 42.5 Å². The molecule has 28 heavy (non-hydrogen) atoms. The number of anilines is 2. The molecule has 4 N–H and O–H groups in total. The van der Waals surface area contributed by atoms with Gasteiger partial charge in [0.1, 0.15) is 11.9 Å². The zero-order valence-electron chi connectivity index (χ0n) is 15.2. The first kappa shape index (κ1) is 20.6. The van der Waals surface area contributed by atoms with E-state index >= 15 is 0 Å². The summed E-state index contributed by atoms with van der Waals surface area (Å²) in [5, 5.41) is 35.4. The Kier molecular flexibility index (Phi) is 6.48. The van der Waals surface area contributed by atoms with E-state index in [-0.39, 0.29) is 17.6 Å². The van der Waals surface area contributed by atoms with Crippen LogP contribution in [0.2, 0.25) is 0 Å². The van der Waals surface area contributed by atoms with Gasteiger partial charge in [0.15, 0.2) is 6.04 Å². The maximum absolute atomic E-state index is 11.6. The highest BCUT2D eigenvalue weighted by atomic mass is 16.6. The molecule has 0 radical (unpaired) electrons. The molecule has 0 unspecified atom stereocenters. The van der Waals surface area contributed by atoms with Gasteiger partial charge in [0, 0.05) is 6.07 Å². The molecule has 0 amide bonds. The minimum atomic E-state index is -1.18. The molecule has 0 aliphatic carbocycles. The summed E-state index contributed by atoms with van der Waals surface area (Å²) >= 11 is 0. The highest BCUT2D eigenvalue weighted by Crippen LogP contribution is 2.27. The third-order valence-electron chi connectivity index (χ3n) is 3.97. The molecule has 0 fully saturated rings. The summed E-state index contributed by atoms with van der Waals surface area (Å²) in [5.74, 6) is -2.92. The number of carbonyl (C=O) groups is 2. The van der Waals surface area contributed by atoms with Crippen LogP contribution in [0.4, 0.5) is 17.3 Å². The number of carboxylic acid groups (broad SMARTS) is 2. The third kappa shape index (κ3) is 4.93. The highest BCUT2D eigenvalue weighted by Gasteiger charge is 2.27. The molecule has 10 nitrogen and oxygen atoms in total. The second kappa shape index (κ2) is 8.80. The Labute approximate surface area is 160 Å². The highest BCUT2D eigenvalue weighted by molar-refractivity contribution is 5.80. The van der Waals surface area contributed by atoms with Crippen molar-refractivity contribution in [2.75, 3.05) is 10.6 Å². The number of nitro groups is 1. The zero-order chi connectivity index (χ0) is 20.8. The van der Waals surface area contributed by atoms with E-state index < -0.39 is 34.6 Å². The lowest BCUT2D eigenvalue weighted by Gasteiger charge is -2.20. The van der Waals surface area contributed by atoms with Gasteiger partial charge in [0.05, 0.1) is 4.92 Å². The lowest BCUT2D eigenvalue weighted by atomic mass is 10.0. The van der Waals surface area contributed by atoms with E-state index in [9.17, 15) is 29.9 Å². The van der Waals surface area contributed by atoms with Gasteiger partial charge < -0.3 is 20.8 Å². The monoisotopic (exact) mass is 388 g/mol. The van der Waals surface area contributed by atoms with Crippen molar-refractivity contribution < 1.29 is 24.7 Å². The number of hydrogen-bond donors (Lipinski definition) is 4. The smallest absolute Gasteiger partial charge is 0.330 e. The summed E-state index contributed by atoms with van der Waals surface area (Å²) in [6.45, 7) is 3.30. The Morgan fingerprint density at radius 1 is 1.04 bits per heavy atom. The Hall–Kier alpha value is -3.69. The van der Waals surface area contributed by atoms with E-state index in [1.54, 1.807) is 44.2 Å². The fourth-order valence-electron chi connectivity index (χ4n) is 2.53. The number of benzene rings is 1. The molecule has 0 saturated carbocycles. The van der Waals surface area contributed by atoms with Crippen molar-refractivity contribution in [3.8, 4) is 0 Å². The summed E-state index contributed by atoms with van der Waals surface area (Å²) in [6, 6.07) is 8.52. The minimum absolute atomic E-state index is 0.0530. The van der Waals surface area contributed by atoms with Crippen LogP contribution in [-0.4, -0.2) is 38.1 Å². The second-order valence-corrected chi connectivity index (χ2v) is 6.35. The number of aromatic nitrogens is 1. The van der Waals surface area contributed by atoms with Gasteiger partial charge in [-0.15, -0.1) is 0 Å². The van der Waals surface area contributed by atoms with Gasteiger partial charge in [0.25, 0.3) is 0 Å². The summed E-state index contributed by atoms with van der Waals surface area (Å²) in [4.78, 5) is 37.7. The molecular formula is C18H20N4O6. The third-order valence-corrected chi connectivity index (χ3v) is 3.97. The number of pyridine rings is 1. The van der Waals surface area contributed by atoms with Crippen molar-refractivity contribution in [1.82, 2.24) is 4.98 Å². The first-order valence-electron chi connectivity index (χ1n) is 8.39. The molecule has 0 aliphatic heterocycles. The van der Waals surface area contributed by atoms with Gasteiger partial charge in [0.2, 0.25) is 5.82 Å². The summed E-state index contributed by atoms with van der Waals surface area (Å²) in [7, 11) is 0. The first-order chi connectivity index (χ1) is 13.2. The van der Waals surface area contributed by atoms with Gasteiger partial charge in [-0.3, -0.25) is 10.1 Å². The van der Waals surface area contributed by atoms with Crippen molar-refractivity contribution >= 4 is 29.3 Å². The SMILES string of the molecule is CC(C)[C@@H](Nc1nc(N[C@@H](C(=O)O)c2ccccc2)ccc1[N+](=O)[O-])C(=O)O. The minimum Gasteiger partial charge on any atom is -0.480 e. The molecule has 148 valence electrons. The Morgan fingerprint density at radius 2 is 1.68 bits per heavy atom. The average molecular weight is 388 g/mol. The van der Waals surface area contributed by atoms with Crippen LogP contribution in [0.3, 0.4) is 0 Å². The van der Waals surface area contributed by atoms with Gasteiger partial charge in [-0.05, 0) is 17.5 Å². The van der Waals surface area contributed by atoms with E-state index in [2.05, 4.69) is 15.6 Å². The van der Waals surface area contributed by atoms with Crippen molar-refractivity contribution in [1.29, 1.82) is 0 Å². The van der Waals surface area contributed by atoms with Gasteiger partial charge in [-0.2, -0.15) is 0 Å². The second-order valence-electron chi connectivity index (χ2n) is 6.35. The Morgan fingerprint density at radius 3 is 2.18 bits per heavy atom.